The SMILES string of the molecule is CCCCCCC/C=C\C/C=C\CCCCCCCCCCCCCCCCCCCC(=O)OC(COC(=O)CCCCCCCCC/C=C\CCCCCCCC)COC(OCC[N+](C)(C)C)C(=O)[O-]. The standard InChI is InChI=1S/C62H115NO8/c1-6-8-10-12-14-16-18-20-22-24-25-26-27-28-29-30-31-32-33-34-35-37-39-41-43-45-47-49-51-53-60(65)71-58(57-70-62(61(66)67)68-55-54-63(3,4)5)56-69-59(64)52-50-48-46-44-42-40-38-36-23-21-19-17-15-13-11-9-7-2/h18,20-21,23-25,58,62H,6-17,19,22,26-57H2,1-5H3/b20-18-,23-21-,25-24-. The van der Waals surface area contributed by atoms with E-state index in [1.54, 1.807) is 0 Å². The number of carbonyl (C=O) groups is 3. The van der Waals surface area contributed by atoms with Gasteiger partial charge < -0.3 is 33.3 Å². The van der Waals surface area contributed by atoms with E-state index in [2.05, 4.69) is 50.3 Å². The van der Waals surface area contributed by atoms with E-state index in [9.17, 15) is 19.5 Å². The number of hydrogen-bond acceptors (Lipinski definition) is 8. The number of unbranched alkanes of at least 4 members (excludes halogenated alkanes) is 35. The molecule has 416 valence electrons. The Balaban J connectivity index is 4.15. The smallest absolute Gasteiger partial charge is 0.306 e. The Morgan fingerprint density at radius 2 is 0.761 bits per heavy atom. The maximum atomic E-state index is 12.9. The molecule has 2 atom stereocenters. The molecule has 0 amide bonds. The lowest BCUT2D eigenvalue weighted by Crippen LogP contribution is -2.44. The van der Waals surface area contributed by atoms with Crippen LogP contribution in [0.5, 0.6) is 0 Å². The third kappa shape index (κ3) is 55.1. The van der Waals surface area contributed by atoms with Crippen molar-refractivity contribution >= 4 is 17.9 Å². The van der Waals surface area contributed by atoms with Gasteiger partial charge in [-0.05, 0) is 70.6 Å². The second kappa shape index (κ2) is 53.8. The quantitative estimate of drug-likeness (QED) is 0.0195. The Bertz CT molecular complexity index is 1260. The van der Waals surface area contributed by atoms with Crippen molar-refractivity contribution in [2.75, 3.05) is 47.5 Å². The Hall–Kier alpha value is -2.49. The lowest BCUT2D eigenvalue weighted by molar-refractivity contribution is -0.870. The van der Waals surface area contributed by atoms with Gasteiger partial charge in [-0.25, -0.2) is 0 Å². The molecule has 0 aromatic heterocycles. The number of quaternary nitrogens is 1. The van der Waals surface area contributed by atoms with Crippen LogP contribution in [0.1, 0.15) is 284 Å². The van der Waals surface area contributed by atoms with E-state index in [1.165, 1.54) is 212 Å². The minimum atomic E-state index is -1.62. The maximum absolute atomic E-state index is 12.9. The highest BCUT2D eigenvalue weighted by Gasteiger charge is 2.22. The third-order valence-corrected chi connectivity index (χ3v) is 13.4. The van der Waals surface area contributed by atoms with Gasteiger partial charge in [-0.15, -0.1) is 0 Å². The van der Waals surface area contributed by atoms with Crippen LogP contribution in [-0.4, -0.2) is 82.3 Å². The number of carbonyl (C=O) groups excluding carboxylic acids is 3. The van der Waals surface area contributed by atoms with Gasteiger partial charge in [0, 0.05) is 12.8 Å². The van der Waals surface area contributed by atoms with Crippen LogP contribution in [0.25, 0.3) is 0 Å². The van der Waals surface area contributed by atoms with Crippen molar-refractivity contribution in [3.8, 4) is 0 Å². The van der Waals surface area contributed by atoms with E-state index in [0.717, 1.165) is 38.5 Å². The third-order valence-electron chi connectivity index (χ3n) is 13.4. The second-order valence-electron chi connectivity index (χ2n) is 21.6. The van der Waals surface area contributed by atoms with Crippen molar-refractivity contribution in [2.45, 2.75) is 296 Å². The van der Waals surface area contributed by atoms with Crippen molar-refractivity contribution in [1.29, 1.82) is 0 Å². The van der Waals surface area contributed by atoms with E-state index in [-0.39, 0.29) is 38.6 Å². The molecule has 0 aliphatic carbocycles. The first-order valence-electron chi connectivity index (χ1n) is 30.1. The van der Waals surface area contributed by atoms with Crippen molar-refractivity contribution in [1.82, 2.24) is 0 Å². The summed E-state index contributed by atoms with van der Waals surface area (Å²) in [6.07, 6.45) is 62.0. The van der Waals surface area contributed by atoms with Crippen LogP contribution in [-0.2, 0) is 33.3 Å². The van der Waals surface area contributed by atoms with Gasteiger partial charge in [0.2, 0.25) is 0 Å². The molecular formula is C62H115NO8. The minimum Gasteiger partial charge on any atom is -0.545 e. The highest BCUT2D eigenvalue weighted by Crippen LogP contribution is 2.17. The zero-order valence-electron chi connectivity index (χ0n) is 47.4. The first kappa shape index (κ1) is 68.5. The van der Waals surface area contributed by atoms with E-state index in [4.69, 9.17) is 18.9 Å². The molecule has 0 N–H and O–H groups in total. The lowest BCUT2D eigenvalue weighted by Gasteiger charge is -2.26. The Labute approximate surface area is 439 Å². The summed E-state index contributed by atoms with van der Waals surface area (Å²) in [7, 11) is 5.93. The summed E-state index contributed by atoms with van der Waals surface area (Å²) in [6, 6.07) is 0. The molecule has 0 radical (unpaired) electrons. The van der Waals surface area contributed by atoms with E-state index in [1.807, 2.05) is 21.1 Å². The minimum absolute atomic E-state index is 0.149. The summed E-state index contributed by atoms with van der Waals surface area (Å²) in [5, 5.41) is 11.8. The van der Waals surface area contributed by atoms with E-state index in [0.29, 0.717) is 17.4 Å². The van der Waals surface area contributed by atoms with Crippen LogP contribution < -0.4 is 5.11 Å². The van der Waals surface area contributed by atoms with Gasteiger partial charge in [-0.3, -0.25) is 9.59 Å². The molecule has 0 aliphatic rings. The van der Waals surface area contributed by atoms with Crippen LogP contribution in [0.3, 0.4) is 0 Å². The summed E-state index contributed by atoms with van der Waals surface area (Å²) in [5.74, 6) is -2.27. The summed E-state index contributed by atoms with van der Waals surface area (Å²) in [5.41, 5.74) is 0. The predicted octanol–water partition coefficient (Wildman–Crippen LogP) is 16.3. The second-order valence-corrected chi connectivity index (χ2v) is 21.6. The Kier molecular flexibility index (Phi) is 51.9. The molecule has 9 heteroatoms. The normalized spacial score (nSPS) is 13.0. The molecule has 0 fully saturated rings. The molecule has 9 nitrogen and oxygen atoms in total. The number of likely N-dealkylation sites (N-methyl/N-ethyl adjacent to an activating group) is 1. The van der Waals surface area contributed by atoms with Gasteiger partial charge in [0.1, 0.15) is 13.2 Å². The number of nitrogens with zero attached hydrogens (tertiary/aromatic N) is 1. The summed E-state index contributed by atoms with van der Waals surface area (Å²) < 4.78 is 22.7. The summed E-state index contributed by atoms with van der Waals surface area (Å²) >= 11 is 0. The topological polar surface area (TPSA) is 111 Å². The summed E-state index contributed by atoms with van der Waals surface area (Å²) in [4.78, 5) is 37.3. The molecule has 0 bridgehead atoms. The zero-order valence-corrected chi connectivity index (χ0v) is 47.4. The van der Waals surface area contributed by atoms with Gasteiger partial charge in [-0.1, -0.05) is 237 Å². The van der Waals surface area contributed by atoms with Crippen LogP contribution >= 0.6 is 0 Å². The molecule has 0 heterocycles. The lowest BCUT2D eigenvalue weighted by atomic mass is 10.0. The van der Waals surface area contributed by atoms with Gasteiger partial charge in [-0.2, -0.15) is 0 Å². The molecule has 0 rings (SSSR count). The fraction of sp³-hybridized carbons (Fsp3) is 0.855. The largest absolute Gasteiger partial charge is 0.545 e. The van der Waals surface area contributed by atoms with E-state index >= 15 is 0 Å². The van der Waals surface area contributed by atoms with Crippen LogP contribution in [0.2, 0.25) is 0 Å². The zero-order chi connectivity index (χ0) is 52.0. The number of esters is 2. The first-order chi connectivity index (χ1) is 34.6. The van der Waals surface area contributed by atoms with Crippen LogP contribution in [0, 0.1) is 0 Å². The molecule has 2 unspecified atom stereocenters. The van der Waals surface area contributed by atoms with Crippen molar-refractivity contribution in [2.24, 2.45) is 0 Å². The number of rotatable bonds is 56. The van der Waals surface area contributed by atoms with Gasteiger partial charge in [0.15, 0.2) is 12.4 Å². The molecule has 0 saturated carbocycles. The van der Waals surface area contributed by atoms with Crippen LogP contribution in [0.4, 0.5) is 0 Å². The molecule has 71 heavy (non-hydrogen) atoms. The molecule has 0 aromatic rings. The molecule has 0 saturated heterocycles. The Morgan fingerprint density at radius 1 is 0.423 bits per heavy atom. The number of allylic oxidation sites excluding steroid dienone is 6. The predicted molar refractivity (Wildman–Crippen MR) is 297 cm³/mol. The van der Waals surface area contributed by atoms with E-state index < -0.39 is 24.3 Å². The fourth-order valence-corrected chi connectivity index (χ4v) is 8.68. The molecule has 0 spiro atoms. The molecule has 0 aliphatic heterocycles. The number of carboxylic acids is 1. The highest BCUT2D eigenvalue weighted by atomic mass is 16.7. The van der Waals surface area contributed by atoms with Crippen LogP contribution in [0.15, 0.2) is 36.5 Å². The van der Waals surface area contributed by atoms with Gasteiger partial charge >= 0.3 is 11.9 Å². The molecule has 0 aromatic carbocycles. The maximum Gasteiger partial charge on any atom is 0.306 e. The van der Waals surface area contributed by atoms with Crippen molar-refractivity contribution in [3.05, 3.63) is 36.5 Å². The Morgan fingerprint density at radius 3 is 1.13 bits per heavy atom. The molecular weight excluding hydrogens is 887 g/mol. The average Bonchev–Trinajstić information content (AvgIpc) is 3.34. The van der Waals surface area contributed by atoms with Gasteiger partial charge in [0.05, 0.1) is 40.3 Å². The number of hydrogen-bond donors (Lipinski definition) is 0. The number of carboxylic acid groups (broad SMARTS) is 1. The first-order valence-corrected chi connectivity index (χ1v) is 30.1. The van der Waals surface area contributed by atoms with Crippen molar-refractivity contribution in [3.63, 3.8) is 0 Å². The number of ether oxygens (including phenoxy) is 4. The summed E-state index contributed by atoms with van der Waals surface area (Å²) in [6.45, 7) is 4.76. The monoisotopic (exact) mass is 1000 g/mol. The fourth-order valence-electron chi connectivity index (χ4n) is 8.68. The van der Waals surface area contributed by atoms with Gasteiger partial charge in [0.25, 0.3) is 0 Å². The average molecular weight is 1000 g/mol. The highest BCUT2D eigenvalue weighted by molar-refractivity contribution is 5.70. The number of aliphatic carboxylic acids is 1. The van der Waals surface area contributed by atoms with Crippen molar-refractivity contribution < 1.29 is 42.9 Å².